The van der Waals surface area contributed by atoms with E-state index in [1.807, 2.05) is 43.5 Å². The van der Waals surface area contributed by atoms with Crippen LogP contribution in [0, 0.1) is 6.92 Å². The third kappa shape index (κ3) is 2.34. The van der Waals surface area contributed by atoms with Crippen LogP contribution < -0.4 is 11.3 Å². The van der Waals surface area contributed by atoms with E-state index in [2.05, 4.69) is 20.7 Å². The van der Waals surface area contributed by atoms with Crippen LogP contribution in [0.2, 0.25) is 0 Å². The minimum atomic E-state index is -0.184. The van der Waals surface area contributed by atoms with Gasteiger partial charge in [0.25, 0.3) is 0 Å². The Kier molecular flexibility index (Phi) is 3.55. The molecule has 0 spiro atoms. The highest BCUT2D eigenvalue weighted by Gasteiger charge is 2.20. The van der Waals surface area contributed by atoms with Gasteiger partial charge in [-0.2, -0.15) is 0 Å². The van der Waals surface area contributed by atoms with E-state index >= 15 is 0 Å². The summed E-state index contributed by atoms with van der Waals surface area (Å²) in [6, 6.07) is 9.65. The Morgan fingerprint density at radius 1 is 1.25 bits per heavy atom. The van der Waals surface area contributed by atoms with Gasteiger partial charge >= 0.3 is 0 Å². The number of nitrogens with one attached hydrogen (secondary N) is 1. The van der Waals surface area contributed by atoms with E-state index in [-0.39, 0.29) is 6.04 Å². The maximum atomic E-state index is 5.71. The summed E-state index contributed by atoms with van der Waals surface area (Å²) in [5.74, 6) is 5.71. The molecule has 6 nitrogen and oxygen atoms in total. The van der Waals surface area contributed by atoms with Gasteiger partial charge in [-0.25, -0.2) is 15.1 Å². The predicted molar refractivity (Wildman–Crippen MR) is 77.4 cm³/mol. The van der Waals surface area contributed by atoms with Gasteiger partial charge in [0.1, 0.15) is 6.04 Å². The van der Waals surface area contributed by atoms with Gasteiger partial charge in [-0.15, -0.1) is 16.4 Å². The van der Waals surface area contributed by atoms with Crippen molar-refractivity contribution >= 4 is 11.3 Å². The number of hydrazine groups is 1. The molecule has 3 N–H and O–H groups in total. The molecule has 1 unspecified atom stereocenters. The first-order valence-electron chi connectivity index (χ1n) is 6.14. The fourth-order valence-electron chi connectivity index (χ4n) is 2.03. The van der Waals surface area contributed by atoms with E-state index in [0.717, 1.165) is 21.3 Å². The average Bonchev–Trinajstić information content (AvgIpc) is 3.11. The van der Waals surface area contributed by atoms with Gasteiger partial charge in [0.05, 0.1) is 22.6 Å². The monoisotopic (exact) mass is 286 g/mol. The smallest absolute Gasteiger partial charge is 0.101 e. The minimum Gasteiger partial charge on any atom is -0.270 e. The molecule has 0 saturated carbocycles. The molecule has 1 aromatic carbocycles. The maximum Gasteiger partial charge on any atom is 0.101 e. The molecule has 0 amide bonds. The largest absolute Gasteiger partial charge is 0.270 e. The first-order chi connectivity index (χ1) is 9.79. The molecule has 0 fully saturated rings. The number of nitrogens with two attached hydrogens (primary N) is 1. The zero-order chi connectivity index (χ0) is 13.9. The van der Waals surface area contributed by atoms with Crippen LogP contribution in [0.4, 0.5) is 0 Å². The first kappa shape index (κ1) is 12.9. The van der Waals surface area contributed by atoms with E-state index in [4.69, 9.17) is 5.84 Å². The maximum absolute atomic E-state index is 5.71. The molecular formula is C13H14N6S. The fraction of sp³-hybridized carbons (Fsp3) is 0.154. The summed E-state index contributed by atoms with van der Waals surface area (Å²) in [5.41, 5.74) is 4.64. The van der Waals surface area contributed by atoms with Crippen LogP contribution in [0.3, 0.4) is 0 Å². The van der Waals surface area contributed by atoms with Crippen molar-refractivity contribution in [2.45, 2.75) is 13.0 Å². The van der Waals surface area contributed by atoms with Crippen molar-refractivity contribution in [2.24, 2.45) is 5.84 Å². The summed E-state index contributed by atoms with van der Waals surface area (Å²) in [4.78, 5) is 5.30. The lowest BCUT2D eigenvalue weighted by atomic mass is 10.2. The van der Waals surface area contributed by atoms with Gasteiger partial charge in [-0.3, -0.25) is 5.84 Å². The second-order valence-electron chi connectivity index (χ2n) is 4.29. The lowest BCUT2D eigenvalue weighted by molar-refractivity contribution is 0.602. The topological polar surface area (TPSA) is 81.7 Å². The lowest BCUT2D eigenvalue weighted by Gasteiger charge is -2.15. The van der Waals surface area contributed by atoms with E-state index in [0.29, 0.717) is 0 Å². The molecule has 20 heavy (non-hydrogen) atoms. The Morgan fingerprint density at radius 2 is 2.05 bits per heavy atom. The third-order valence-corrected chi connectivity index (χ3v) is 3.94. The number of benzene rings is 1. The number of hydrogen-bond acceptors (Lipinski definition) is 6. The van der Waals surface area contributed by atoms with E-state index in [1.54, 1.807) is 22.2 Å². The van der Waals surface area contributed by atoms with Crippen LogP contribution >= 0.6 is 11.3 Å². The SMILES string of the molecule is Cc1ncc(C(NN)c2cnnn2-c2ccccc2)s1. The van der Waals surface area contributed by atoms with Crippen molar-refractivity contribution < 1.29 is 0 Å². The minimum absolute atomic E-state index is 0.184. The molecular weight excluding hydrogens is 272 g/mol. The van der Waals surface area contributed by atoms with E-state index in [1.165, 1.54) is 0 Å². The van der Waals surface area contributed by atoms with Crippen molar-refractivity contribution in [3.63, 3.8) is 0 Å². The molecule has 0 saturated heterocycles. The van der Waals surface area contributed by atoms with Crippen LogP contribution in [-0.4, -0.2) is 20.0 Å². The molecule has 3 rings (SSSR count). The highest BCUT2D eigenvalue weighted by Crippen LogP contribution is 2.26. The van der Waals surface area contributed by atoms with Gasteiger partial charge in [0.15, 0.2) is 0 Å². The molecule has 3 aromatic rings. The van der Waals surface area contributed by atoms with Crippen molar-refractivity contribution in [1.29, 1.82) is 0 Å². The third-order valence-electron chi connectivity index (χ3n) is 2.96. The van der Waals surface area contributed by atoms with Crippen LogP contribution in [-0.2, 0) is 0 Å². The molecule has 2 aromatic heterocycles. The van der Waals surface area contributed by atoms with E-state index in [9.17, 15) is 0 Å². The van der Waals surface area contributed by atoms with Gasteiger partial charge in [0, 0.05) is 11.1 Å². The Balaban J connectivity index is 2.04. The van der Waals surface area contributed by atoms with Crippen molar-refractivity contribution in [1.82, 2.24) is 25.4 Å². The molecule has 2 heterocycles. The zero-order valence-electron chi connectivity index (χ0n) is 10.9. The Morgan fingerprint density at radius 3 is 2.70 bits per heavy atom. The van der Waals surface area contributed by atoms with Gasteiger partial charge in [-0.05, 0) is 19.1 Å². The zero-order valence-corrected chi connectivity index (χ0v) is 11.7. The predicted octanol–water partition coefficient (Wildman–Crippen LogP) is 1.58. The van der Waals surface area contributed by atoms with Gasteiger partial charge < -0.3 is 0 Å². The fourth-order valence-corrected chi connectivity index (χ4v) is 2.89. The number of aryl methyl sites for hydroxylation is 1. The van der Waals surface area contributed by atoms with Gasteiger partial charge in [-0.1, -0.05) is 23.4 Å². The summed E-state index contributed by atoms with van der Waals surface area (Å²) in [7, 11) is 0. The van der Waals surface area contributed by atoms with Crippen molar-refractivity contribution in [2.75, 3.05) is 0 Å². The Bertz CT molecular complexity index is 690. The summed E-state index contributed by atoms with van der Waals surface area (Å²) in [6.07, 6.45) is 3.54. The van der Waals surface area contributed by atoms with Crippen molar-refractivity contribution in [3.05, 3.63) is 58.3 Å². The summed E-state index contributed by atoms with van der Waals surface area (Å²) in [5, 5.41) is 9.14. The Hall–Kier alpha value is -2.09. The molecule has 0 aliphatic heterocycles. The molecule has 1 atom stereocenters. The summed E-state index contributed by atoms with van der Waals surface area (Å²) >= 11 is 1.60. The molecule has 0 bridgehead atoms. The molecule has 0 radical (unpaired) electrons. The normalized spacial score (nSPS) is 12.5. The molecule has 0 aliphatic rings. The number of aromatic nitrogens is 4. The lowest BCUT2D eigenvalue weighted by Crippen LogP contribution is -2.30. The average molecular weight is 286 g/mol. The second-order valence-corrected chi connectivity index (χ2v) is 5.55. The first-order valence-corrected chi connectivity index (χ1v) is 6.95. The highest BCUT2D eigenvalue weighted by atomic mass is 32.1. The number of thiazole rings is 1. The molecule has 0 aliphatic carbocycles. The number of rotatable bonds is 4. The summed E-state index contributed by atoms with van der Waals surface area (Å²) < 4.78 is 1.78. The second kappa shape index (κ2) is 5.49. The number of para-hydroxylation sites is 1. The summed E-state index contributed by atoms with van der Waals surface area (Å²) in [6.45, 7) is 1.97. The quantitative estimate of drug-likeness (QED) is 0.562. The van der Waals surface area contributed by atoms with Crippen LogP contribution in [0.1, 0.15) is 21.6 Å². The number of nitrogens with zero attached hydrogens (tertiary/aromatic N) is 4. The van der Waals surface area contributed by atoms with Crippen LogP contribution in [0.25, 0.3) is 5.69 Å². The van der Waals surface area contributed by atoms with Gasteiger partial charge in [0.2, 0.25) is 0 Å². The number of hydrogen-bond donors (Lipinski definition) is 2. The Labute approximate surface area is 120 Å². The van der Waals surface area contributed by atoms with Crippen LogP contribution in [0.15, 0.2) is 42.7 Å². The molecule has 7 heteroatoms. The van der Waals surface area contributed by atoms with E-state index < -0.39 is 0 Å². The van der Waals surface area contributed by atoms with Crippen molar-refractivity contribution in [3.8, 4) is 5.69 Å². The van der Waals surface area contributed by atoms with Crippen LogP contribution in [0.5, 0.6) is 0 Å². The standard InChI is InChI=1S/C13H14N6S/c1-9-15-8-12(20-9)13(17-14)11-7-16-18-19(11)10-5-3-2-4-6-10/h2-8,13,17H,14H2,1H3. The highest BCUT2D eigenvalue weighted by molar-refractivity contribution is 7.11. The molecule has 102 valence electrons.